The second-order valence-electron chi connectivity index (χ2n) is 2.64. The number of thioether (sulfide) groups is 1. The predicted molar refractivity (Wildman–Crippen MR) is 67.5 cm³/mol. The largest absolute Gasteiger partial charge is 0.293 e. The molecule has 0 atom stereocenters. The molecule has 2 aromatic heterocycles. The summed E-state index contributed by atoms with van der Waals surface area (Å²) in [5, 5.41) is 0.474. The molecule has 0 spiro atoms. The van der Waals surface area contributed by atoms with Gasteiger partial charge in [-0.2, -0.15) is 8.78 Å². The summed E-state index contributed by atoms with van der Waals surface area (Å²) in [4.78, 5) is 4.21. The predicted octanol–water partition coefficient (Wildman–Crippen LogP) is 4.02. The molecular formula is C8H4BrF2IN2S. The number of rotatable bonds is 2. The number of nitrogens with zero attached hydrogens (tertiary/aromatic N) is 2. The maximum Gasteiger partial charge on any atom is 0.290 e. The van der Waals surface area contributed by atoms with E-state index in [0.29, 0.717) is 26.1 Å². The second-order valence-corrected chi connectivity index (χ2v) is 5.49. The van der Waals surface area contributed by atoms with Crippen LogP contribution >= 0.6 is 50.3 Å². The number of hydrogen-bond donors (Lipinski definition) is 0. The van der Waals surface area contributed by atoms with E-state index in [1.165, 1.54) is 0 Å². The third kappa shape index (κ3) is 2.28. The lowest BCUT2D eigenvalue weighted by Crippen LogP contribution is -1.90. The molecule has 0 fully saturated rings. The number of alkyl halides is 2. The van der Waals surface area contributed by atoms with Gasteiger partial charge in [0, 0.05) is 6.20 Å². The van der Waals surface area contributed by atoms with Crippen LogP contribution in [0.25, 0.3) is 5.65 Å². The normalized spacial score (nSPS) is 11.5. The summed E-state index contributed by atoms with van der Waals surface area (Å²) in [6.45, 7) is 0. The molecule has 7 heteroatoms. The molecule has 0 aliphatic rings. The van der Waals surface area contributed by atoms with E-state index in [9.17, 15) is 8.78 Å². The summed E-state index contributed by atoms with van der Waals surface area (Å²) in [6.07, 6.45) is 1.72. The van der Waals surface area contributed by atoms with E-state index in [0.717, 1.165) is 4.47 Å². The van der Waals surface area contributed by atoms with Crippen LogP contribution in [-0.2, 0) is 0 Å². The van der Waals surface area contributed by atoms with Crippen LogP contribution in [0.5, 0.6) is 0 Å². The van der Waals surface area contributed by atoms with Crippen LogP contribution in [0.2, 0.25) is 0 Å². The van der Waals surface area contributed by atoms with Crippen molar-refractivity contribution in [3.05, 3.63) is 26.5 Å². The Morgan fingerprint density at radius 2 is 2.27 bits per heavy atom. The van der Waals surface area contributed by atoms with Gasteiger partial charge >= 0.3 is 0 Å². The quantitative estimate of drug-likeness (QED) is 0.555. The summed E-state index contributed by atoms with van der Waals surface area (Å²) in [6, 6.07) is 3.61. The van der Waals surface area contributed by atoms with Crippen molar-refractivity contribution < 1.29 is 8.78 Å². The zero-order chi connectivity index (χ0) is 11.0. The van der Waals surface area contributed by atoms with E-state index in [-0.39, 0.29) is 0 Å². The second kappa shape index (κ2) is 4.54. The fourth-order valence-electron chi connectivity index (χ4n) is 1.17. The lowest BCUT2D eigenvalue weighted by Gasteiger charge is -2.01. The Morgan fingerprint density at radius 3 is 2.93 bits per heavy atom. The number of fused-ring (bicyclic) bond motifs is 1. The summed E-state index contributed by atoms with van der Waals surface area (Å²) >= 11 is 5.79. The van der Waals surface area contributed by atoms with E-state index in [4.69, 9.17) is 0 Å². The first-order chi connectivity index (χ1) is 7.09. The van der Waals surface area contributed by atoms with Crippen molar-refractivity contribution in [1.29, 1.82) is 0 Å². The van der Waals surface area contributed by atoms with Crippen molar-refractivity contribution in [2.75, 3.05) is 0 Å². The van der Waals surface area contributed by atoms with Gasteiger partial charge in [0.25, 0.3) is 5.76 Å². The van der Waals surface area contributed by atoms with Crippen molar-refractivity contribution in [3.8, 4) is 0 Å². The molecule has 0 radical (unpaired) electrons. The summed E-state index contributed by atoms with van der Waals surface area (Å²) in [7, 11) is 0. The van der Waals surface area contributed by atoms with Crippen LogP contribution in [0.3, 0.4) is 0 Å². The first-order valence-electron chi connectivity index (χ1n) is 3.86. The van der Waals surface area contributed by atoms with Gasteiger partial charge in [0.1, 0.15) is 8.73 Å². The first kappa shape index (κ1) is 11.6. The third-order valence-electron chi connectivity index (χ3n) is 1.72. The van der Waals surface area contributed by atoms with Gasteiger partial charge in [-0.1, -0.05) is 0 Å². The van der Waals surface area contributed by atoms with Gasteiger partial charge in [-0.05, 0) is 62.4 Å². The summed E-state index contributed by atoms with van der Waals surface area (Å²) in [5.41, 5.74) is 0.657. The standard InChI is InChI=1S/C8H4BrF2IN2S/c9-4-2-1-3-14-6(4)13-5(12)7(14)15-8(10)11/h1-3,8H. The SMILES string of the molecule is FC(F)Sc1c(I)nc2c(Br)cccn12. The number of pyridine rings is 1. The van der Waals surface area contributed by atoms with Crippen molar-refractivity contribution in [1.82, 2.24) is 9.38 Å². The highest BCUT2D eigenvalue weighted by Crippen LogP contribution is 2.32. The van der Waals surface area contributed by atoms with Gasteiger partial charge in [-0.25, -0.2) is 4.98 Å². The molecule has 0 saturated heterocycles. The van der Waals surface area contributed by atoms with Crippen molar-refractivity contribution in [2.24, 2.45) is 0 Å². The maximum atomic E-state index is 12.3. The number of imidazole rings is 1. The van der Waals surface area contributed by atoms with Crippen LogP contribution in [0, 0.1) is 3.70 Å². The lowest BCUT2D eigenvalue weighted by molar-refractivity contribution is 0.251. The molecule has 0 amide bonds. The molecule has 0 unspecified atom stereocenters. The minimum Gasteiger partial charge on any atom is -0.293 e. The summed E-state index contributed by atoms with van der Waals surface area (Å²) in [5.74, 6) is -2.43. The third-order valence-corrected chi connectivity index (χ3v) is 4.25. The number of halogens is 4. The molecule has 0 aromatic carbocycles. The smallest absolute Gasteiger partial charge is 0.290 e. The fourth-order valence-corrected chi connectivity index (χ4v) is 3.05. The van der Waals surface area contributed by atoms with Gasteiger partial charge < -0.3 is 0 Å². The van der Waals surface area contributed by atoms with Crippen molar-refractivity contribution >= 4 is 55.9 Å². The van der Waals surface area contributed by atoms with E-state index in [1.807, 2.05) is 28.7 Å². The highest BCUT2D eigenvalue weighted by atomic mass is 127. The van der Waals surface area contributed by atoms with Crippen LogP contribution in [-0.4, -0.2) is 15.1 Å². The van der Waals surface area contributed by atoms with Crippen LogP contribution in [0.4, 0.5) is 8.78 Å². The average Bonchev–Trinajstić information content (AvgIpc) is 2.45. The molecule has 2 nitrogen and oxygen atoms in total. The highest BCUT2D eigenvalue weighted by Gasteiger charge is 2.16. The molecule has 80 valence electrons. The minimum absolute atomic E-state index is 0.474. The van der Waals surface area contributed by atoms with E-state index < -0.39 is 5.76 Å². The lowest BCUT2D eigenvalue weighted by atomic mass is 10.5. The molecule has 15 heavy (non-hydrogen) atoms. The van der Waals surface area contributed by atoms with Gasteiger partial charge in [0.15, 0.2) is 5.65 Å². The van der Waals surface area contributed by atoms with Crippen LogP contribution < -0.4 is 0 Å². The van der Waals surface area contributed by atoms with Gasteiger partial charge in [-0.15, -0.1) is 0 Å². The maximum absolute atomic E-state index is 12.3. The van der Waals surface area contributed by atoms with E-state index in [2.05, 4.69) is 20.9 Å². The van der Waals surface area contributed by atoms with E-state index >= 15 is 0 Å². The van der Waals surface area contributed by atoms with Crippen LogP contribution in [0.1, 0.15) is 0 Å². The highest BCUT2D eigenvalue weighted by molar-refractivity contribution is 14.1. The summed E-state index contributed by atoms with van der Waals surface area (Å²) < 4.78 is 27.7. The minimum atomic E-state index is -2.43. The Labute approximate surface area is 111 Å². The molecule has 2 aromatic rings. The fraction of sp³-hybridized carbons (Fsp3) is 0.125. The molecule has 0 aliphatic heterocycles. The molecule has 0 N–H and O–H groups in total. The molecule has 0 aliphatic carbocycles. The first-order valence-corrected chi connectivity index (χ1v) is 6.61. The number of aromatic nitrogens is 2. The Bertz CT molecular complexity index is 503. The molecule has 2 heterocycles. The molecule has 2 rings (SSSR count). The Hall–Kier alpha value is 0.110. The monoisotopic (exact) mass is 404 g/mol. The molecule has 0 saturated carbocycles. The molecule has 0 bridgehead atoms. The van der Waals surface area contributed by atoms with E-state index in [1.54, 1.807) is 16.7 Å². The van der Waals surface area contributed by atoms with Gasteiger partial charge in [0.2, 0.25) is 0 Å². The van der Waals surface area contributed by atoms with Gasteiger partial charge in [-0.3, -0.25) is 4.40 Å². The Kier molecular flexibility index (Phi) is 3.51. The van der Waals surface area contributed by atoms with Crippen LogP contribution in [0.15, 0.2) is 27.8 Å². The average molecular weight is 405 g/mol. The van der Waals surface area contributed by atoms with Crippen molar-refractivity contribution in [3.63, 3.8) is 0 Å². The van der Waals surface area contributed by atoms with Gasteiger partial charge in [0.05, 0.1) is 4.47 Å². The topological polar surface area (TPSA) is 17.3 Å². The zero-order valence-electron chi connectivity index (χ0n) is 7.12. The Balaban J connectivity index is 2.63. The van der Waals surface area contributed by atoms with Crippen molar-refractivity contribution in [2.45, 2.75) is 10.8 Å². The zero-order valence-corrected chi connectivity index (χ0v) is 11.7. The Morgan fingerprint density at radius 1 is 1.53 bits per heavy atom. The molecular weight excluding hydrogens is 401 g/mol. The number of hydrogen-bond acceptors (Lipinski definition) is 2.